The maximum Gasteiger partial charge on any atom is 0.124 e. The molecule has 0 saturated carbocycles. The highest BCUT2D eigenvalue weighted by Gasteiger charge is 2.14. The minimum atomic E-state index is -0.0902. The van der Waals surface area contributed by atoms with Crippen LogP contribution in [0.1, 0.15) is 17.2 Å². The van der Waals surface area contributed by atoms with Gasteiger partial charge >= 0.3 is 0 Å². The summed E-state index contributed by atoms with van der Waals surface area (Å²) >= 11 is 0. The van der Waals surface area contributed by atoms with Gasteiger partial charge in [-0.25, -0.2) is 0 Å². The summed E-state index contributed by atoms with van der Waals surface area (Å²) in [5, 5.41) is 10.8. The van der Waals surface area contributed by atoms with Crippen LogP contribution in [0.4, 0.5) is 0 Å². The molecule has 130 valence electrons. The summed E-state index contributed by atoms with van der Waals surface area (Å²) < 4.78 is 8.40. The van der Waals surface area contributed by atoms with Crippen LogP contribution in [0.25, 0.3) is 10.9 Å². The molecule has 0 unspecified atom stereocenters. The Labute approximate surface area is 153 Å². The molecule has 0 aliphatic rings. The molecule has 0 aliphatic heterocycles. The van der Waals surface area contributed by atoms with Crippen molar-refractivity contribution in [3.63, 3.8) is 0 Å². The van der Waals surface area contributed by atoms with Crippen molar-refractivity contribution in [2.45, 2.75) is 12.6 Å². The van der Waals surface area contributed by atoms with Crippen LogP contribution in [0.3, 0.4) is 0 Å². The van der Waals surface area contributed by atoms with Gasteiger partial charge in [0.15, 0.2) is 0 Å². The Balaban J connectivity index is 1.52. The molecule has 3 heteroatoms. The van der Waals surface area contributed by atoms with Crippen LogP contribution in [0.15, 0.2) is 91.1 Å². The number of phenolic OH excluding ortho intramolecular Hbond substituents is 1. The lowest BCUT2D eigenvalue weighted by molar-refractivity contribution is 0.0744. The topological polar surface area (TPSA) is 34.4 Å². The summed E-state index contributed by atoms with van der Waals surface area (Å²) in [6.45, 7) is 1.30. The van der Waals surface area contributed by atoms with Crippen LogP contribution in [0.5, 0.6) is 5.75 Å². The summed E-state index contributed by atoms with van der Waals surface area (Å²) in [6, 6.07) is 28.1. The second-order valence-corrected chi connectivity index (χ2v) is 6.29. The molecule has 4 aromatic rings. The first-order valence-electron chi connectivity index (χ1n) is 8.81. The van der Waals surface area contributed by atoms with Gasteiger partial charge < -0.3 is 14.4 Å². The number of phenols is 1. The van der Waals surface area contributed by atoms with Gasteiger partial charge in [0.1, 0.15) is 11.9 Å². The highest BCUT2D eigenvalue weighted by atomic mass is 16.5. The van der Waals surface area contributed by atoms with E-state index in [4.69, 9.17) is 4.74 Å². The first kappa shape index (κ1) is 16.4. The average molecular weight is 343 g/mol. The maximum atomic E-state index is 9.95. The number of aromatic nitrogens is 1. The third kappa shape index (κ3) is 3.35. The van der Waals surface area contributed by atoms with Gasteiger partial charge in [-0.2, -0.15) is 0 Å². The number of benzene rings is 3. The van der Waals surface area contributed by atoms with Crippen LogP contribution < -0.4 is 0 Å². The molecule has 0 saturated heterocycles. The summed E-state index contributed by atoms with van der Waals surface area (Å²) in [5.41, 5.74) is 3.31. The van der Waals surface area contributed by atoms with Gasteiger partial charge in [-0.1, -0.05) is 66.7 Å². The van der Waals surface area contributed by atoms with Crippen LogP contribution in [-0.2, 0) is 11.3 Å². The van der Waals surface area contributed by atoms with Gasteiger partial charge in [0, 0.05) is 18.1 Å². The number of ether oxygens (including phenoxy) is 1. The molecular formula is C23H21NO2. The molecule has 0 amide bonds. The summed E-state index contributed by atoms with van der Waals surface area (Å²) in [5.74, 6) is 0.314. The molecule has 26 heavy (non-hydrogen) atoms. The van der Waals surface area contributed by atoms with Crippen LogP contribution in [0, 0.1) is 0 Å². The molecule has 0 atom stereocenters. The Bertz CT molecular complexity index is 937. The van der Waals surface area contributed by atoms with E-state index in [9.17, 15) is 5.11 Å². The van der Waals surface area contributed by atoms with E-state index >= 15 is 0 Å². The van der Waals surface area contributed by atoms with E-state index in [-0.39, 0.29) is 6.10 Å². The van der Waals surface area contributed by atoms with E-state index in [1.165, 1.54) is 0 Å². The first-order valence-corrected chi connectivity index (χ1v) is 8.81. The number of nitrogens with zero attached hydrogens (tertiary/aromatic N) is 1. The van der Waals surface area contributed by atoms with Crippen molar-refractivity contribution in [1.82, 2.24) is 4.57 Å². The predicted molar refractivity (Wildman–Crippen MR) is 104 cm³/mol. The molecule has 0 fully saturated rings. The lowest BCUT2D eigenvalue weighted by Gasteiger charge is -2.19. The van der Waals surface area contributed by atoms with Crippen molar-refractivity contribution in [3.8, 4) is 5.75 Å². The smallest absolute Gasteiger partial charge is 0.124 e. The molecule has 1 heterocycles. The summed E-state index contributed by atoms with van der Waals surface area (Å²) in [6.07, 6.45) is 1.90. The van der Waals surface area contributed by atoms with Crippen molar-refractivity contribution >= 4 is 10.9 Å². The van der Waals surface area contributed by atoms with Gasteiger partial charge in [0.2, 0.25) is 0 Å². The molecule has 4 rings (SSSR count). The number of hydrogen-bond donors (Lipinski definition) is 1. The van der Waals surface area contributed by atoms with Gasteiger partial charge in [0.05, 0.1) is 12.1 Å². The molecule has 0 bridgehead atoms. The van der Waals surface area contributed by atoms with Gasteiger partial charge in [-0.05, 0) is 29.3 Å². The minimum Gasteiger partial charge on any atom is -0.507 e. The quantitative estimate of drug-likeness (QED) is 0.525. The highest BCUT2D eigenvalue weighted by molar-refractivity contribution is 5.86. The van der Waals surface area contributed by atoms with Gasteiger partial charge in [-0.3, -0.25) is 0 Å². The third-order valence-corrected chi connectivity index (χ3v) is 4.61. The number of aromatic hydroxyl groups is 1. The van der Waals surface area contributed by atoms with Crippen molar-refractivity contribution in [1.29, 1.82) is 0 Å². The zero-order valence-electron chi connectivity index (χ0n) is 14.5. The van der Waals surface area contributed by atoms with E-state index in [0.29, 0.717) is 12.4 Å². The molecule has 0 radical (unpaired) electrons. The molecular weight excluding hydrogens is 322 g/mol. The monoisotopic (exact) mass is 343 g/mol. The van der Waals surface area contributed by atoms with E-state index < -0.39 is 0 Å². The maximum absolute atomic E-state index is 9.95. The normalized spacial score (nSPS) is 11.3. The summed E-state index contributed by atoms with van der Waals surface area (Å²) in [4.78, 5) is 0. The van der Waals surface area contributed by atoms with Crippen LogP contribution in [-0.4, -0.2) is 16.3 Å². The average Bonchev–Trinajstić information content (AvgIpc) is 3.11. The Morgan fingerprint density at radius 1 is 0.769 bits per heavy atom. The standard InChI is InChI=1S/C23H21NO2/c25-22-13-7-12-21-20(22)14-15-24(21)16-17-26-23(18-8-3-1-4-9-18)19-10-5-2-6-11-19/h1-15,23,25H,16-17H2. The molecule has 3 aromatic carbocycles. The van der Waals surface area contributed by atoms with E-state index in [2.05, 4.69) is 28.8 Å². The van der Waals surface area contributed by atoms with E-state index in [0.717, 1.165) is 28.6 Å². The lowest BCUT2D eigenvalue weighted by Crippen LogP contribution is -2.11. The highest BCUT2D eigenvalue weighted by Crippen LogP contribution is 2.27. The van der Waals surface area contributed by atoms with Crippen molar-refractivity contribution < 1.29 is 9.84 Å². The number of rotatable bonds is 6. The van der Waals surface area contributed by atoms with E-state index in [1.54, 1.807) is 6.07 Å². The predicted octanol–water partition coefficient (Wildman–Crippen LogP) is 5.15. The van der Waals surface area contributed by atoms with Gasteiger partial charge in [0.25, 0.3) is 0 Å². The van der Waals surface area contributed by atoms with E-state index in [1.807, 2.05) is 60.8 Å². The van der Waals surface area contributed by atoms with Crippen molar-refractivity contribution in [2.24, 2.45) is 0 Å². The fourth-order valence-corrected chi connectivity index (χ4v) is 3.31. The molecule has 1 aromatic heterocycles. The zero-order valence-corrected chi connectivity index (χ0v) is 14.5. The molecule has 1 N–H and O–H groups in total. The number of fused-ring (bicyclic) bond motifs is 1. The van der Waals surface area contributed by atoms with Gasteiger partial charge in [-0.15, -0.1) is 0 Å². The van der Waals surface area contributed by atoms with Crippen LogP contribution in [0.2, 0.25) is 0 Å². The zero-order chi connectivity index (χ0) is 17.8. The molecule has 0 spiro atoms. The van der Waals surface area contributed by atoms with Crippen LogP contribution >= 0.6 is 0 Å². The fourth-order valence-electron chi connectivity index (χ4n) is 3.31. The lowest BCUT2D eigenvalue weighted by atomic mass is 10.0. The third-order valence-electron chi connectivity index (χ3n) is 4.61. The largest absolute Gasteiger partial charge is 0.507 e. The Morgan fingerprint density at radius 3 is 2.08 bits per heavy atom. The fraction of sp³-hybridized carbons (Fsp3) is 0.130. The second kappa shape index (κ2) is 7.46. The molecule has 0 aliphatic carbocycles. The van der Waals surface area contributed by atoms with Crippen molar-refractivity contribution in [2.75, 3.05) is 6.61 Å². The Morgan fingerprint density at radius 2 is 1.42 bits per heavy atom. The first-order chi connectivity index (χ1) is 12.8. The Kier molecular flexibility index (Phi) is 4.71. The van der Waals surface area contributed by atoms with Crippen molar-refractivity contribution in [3.05, 3.63) is 102 Å². The molecule has 3 nitrogen and oxygen atoms in total. The minimum absolute atomic E-state index is 0.0902. The Hall–Kier alpha value is -3.04. The summed E-state index contributed by atoms with van der Waals surface area (Å²) in [7, 11) is 0. The number of hydrogen-bond acceptors (Lipinski definition) is 2. The SMILES string of the molecule is Oc1cccc2c1ccn2CCOC(c1ccccc1)c1ccccc1. The second-order valence-electron chi connectivity index (χ2n) is 6.29.